The maximum atomic E-state index is 11.7. The Bertz CT molecular complexity index is 707. The van der Waals surface area contributed by atoms with Crippen molar-refractivity contribution in [3.8, 4) is 0 Å². The number of aromatic nitrogens is 3. The highest BCUT2D eigenvalue weighted by molar-refractivity contribution is 6.33. The highest BCUT2D eigenvalue weighted by Crippen LogP contribution is 2.23. The average molecular weight is 320 g/mol. The Labute approximate surface area is 133 Å². The van der Waals surface area contributed by atoms with E-state index in [-0.39, 0.29) is 10.6 Å². The fourth-order valence-corrected chi connectivity index (χ4v) is 2.74. The number of anilines is 3. The molecule has 0 saturated carbocycles. The first kappa shape index (κ1) is 14.8. The molecule has 0 spiro atoms. The first-order valence-corrected chi connectivity index (χ1v) is 7.73. The Hall–Kier alpha value is -2.08. The summed E-state index contributed by atoms with van der Waals surface area (Å²) in [4.78, 5) is 18.5. The van der Waals surface area contributed by atoms with Crippen molar-refractivity contribution in [2.75, 3.05) is 23.3 Å². The predicted octanol–water partition coefficient (Wildman–Crippen LogP) is 2.56. The molecule has 0 amide bonds. The molecule has 0 aromatic carbocycles. The van der Waals surface area contributed by atoms with Crippen LogP contribution in [0.3, 0.4) is 0 Å². The van der Waals surface area contributed by atoms with E-state index in [1.54, 1.807) is 13.2 Å². The van der Waals surface area contributed by atoms with E-state index in [2.05, 4.69) is 20.3 Å². The molecule has 2 aromatic heterocycles. The van der Waals surface area contributed by atoms with Crippen LogP contribution in [-0.4, -0.2) is 27.9 Å². The topological polar surface area (TPSA) is 63.1 Å². The van der Waals surface area contributed by atoms with Gasteiger partial charge in [-0.3, -0.25) is 4.79 Å². The summed E-state index contributed by atoms with van der Waals surface area (Å²) in [5.41, 5.74) is 0.930. The van der Waals surface area contributed by atoms with Crippen LogP contribution in [0.15, 0.2) is 29.3 Å². The number of halogens is 1. The summed E-state index contributed by atoms with van der Waals surface area (Å²) < 4.78 is 1.20. The number of nitrogens with one attached hydrogen (secondary N) is 1. The van der Waals surface area contributed by atoms with E-state index in [0.29, 0.717) is 5.69 Å². The van der Waals surface area contributed by atoms with Gasteiger partial charge in [0.1, 0.15) is 10.8 Å². The molecule has 2 aromatic rings. The van der Waals surface area contributed by atoms with Crippen molar-refractivity contribution in [3.05, 3.63) is 39.9 Å². The maximum Gasteiger partial charge on any atom is 0.287 e. The molecule has 0 bridgehead atoms. The van der Waals surface area contributed by atoms with E-state index < -0.39 is 0 Å². The van der Waals surface area contributed by atoms with Crippen molar-refractivity contribution in [1.82, 2.24) is 14.8 Å². The molecular weight excluding hydrogens is 302 g/mol. The molecule has 0 atom stereocenters. The third kappa shape index (κ3) is 3.06. The summed E-state index contributed by atoms with van der Waals surface area (Å²) in [5.74, 6) is 0.985. The third-order valence-corrected chi connectivity index (χ3v) is 4.15. The highest BCUT2D eigenvalue weighted by atomic mass is 35.5. The Kier molecular flexibility index (Phi) is 4.29. The fraction of sp³-hybridized carbons (Fsp3) is 0.400. The minimum absolute atomic E-state index is 0.123. The lowest BCUT2D eigenvalue weighted by molar-refractivity contribution is 0.573. The minimum Gasteiger partial charge on any atom is -0.357 e. The minimum atomic E-state index is -0.329. The Balaban J connectivity index is 1.76. The lowest BCUT2D eigenvalue weighted by Crippen LogP contribution is -2.30. The van der Waals surface area contributed by atoms with Gasteiger partial charge in [0.15, 0.2) is 0 Å². The van der Waals surface area contributed by atoms with Crippen molar-refractivity contribution >= 4 is 28.8 Å². The molecule has 22 heavy (non-hydrogen) atoms. The lowest BCUT2D eigenvalue weighted by atomic mass is 10.1. The first-order chi connectivity index (χ1) is 10.6. The zero-order chi connectivity index (χ0) is 15.5. The van der Waals surface area contributed by atoms with E-state index in [1.165, 1.54) is 30.1 Å². The molecule has 116 valence electrons. The Morgan fingerprint density at radius 1 is 1.18 bits per heavy atom. The molecule has 1 aliphatic rings. The molecule has 3 heterocycles. The zero-order valence-corrected chi connectivity index (χ0v) is 13.2. The number of hydrogen-bond donors (Lipinski definition) is 1. The van der Waals surface area contributed by atoms with Crippen LogP contribution in [-0.2, 0) is 7.05 Å². The quantitative estimate of drug-likeness (QED) is 0.942. The second kappa shape index (κ2) is 6.36. The number of aryl methyl sites for hydroxylation is 1. The molecule has 0 radical (unpaired) electrons. The summed E-state index contributed by atoms with van der Waals surface area (Å²) in [5, 5.41) is 7.16. The highest BCUT2D eigenvalue weighted by Gasteiger charge is 2.12. The second-order valence-corrected chi connectivity index (χ2v) is 5.76. The normalized spacial score (nSPS) is 14.9. The van der Waals surface area contributed by atoms with E-state index in [0.717, 1.165) is 24.6 Å². The largest absolute Gasteiger partial charge is 0.357 e. The van der Waals surface area contributed by atoms with Gasteiger partial charge in [0, 0.05) is 20.1 Å². The summed E-state index contributed by atoms with van der Waals surface area (Å²) in [6, 6.07) is 3.92. The molecule has 1 saturated heterocycles. The van der Waals surface area contributed by atoms with Crippen molar-refractivity contribution in [2.45, 2.75) is 19.3 Å². The molecule has 0 unspecified atom stereocenters. The smallest absolute Gasteiger partial charge is 0.287 e. The number of hydrogen-bond acceptors (Lipinski definition) is 5. The summed E-state index contributed by atoms with van der Waals surface area (Å²) in [7, 11) is 1.56. The Morgan fingerprint density at radius 2 is 1.95 bits per heavy atom. The van der Waals surface area contributed by atoms with Crippen LogP contribution in [0.1, 0.15) is 19.3 Å². The summed E-state index contributed by atoms with van der Waals surface area (Å²) >= 11 is 6.04. The van der Waals surface area contributed by atoms with Crippen LogP contribution in [0.4, 0.5) is 17.2 Å². The zero-order valence-electron chi connectivity index (χ0n) is 12.4. The SMILES string of the molecule is Cn1ncc(Nc2ccc(N3CCCCC3)nc2)c(Cl)c1=O. The van der Waals surface area contributed by atoms with Crippen LogP contribution < -0.4 is 15.8 Å². The lowest BCUT2D eigenvalue weighted by Gasteiger charge is -2.27. The van der Waals surface area contributed by atoms with Crippen molar-refractivity contribution < 1.29 is 0 Å². The number of pyridine rings is 1. The molecule has 0 aliphatic carbocycles. The van der Waals surface area contributed by atoms with Crippen LogP contribution in [0, 0.1) is 0 Å². The van der Waals surface area contributed by atoms with Gasteiger partial charge >= 0.3 is 0 Å². The molecule has 1 fully saturated rings. The summed E-state index contributed by atoms with van der Waals surface area (Å²) in [6.07, 6.45) is 7.01. The molecule has 1 aliphatic heterocycles. The fourth-order valence-electron chi connectivity index (χ4n) is 2.52. The molecule has 7 heteroatoms. The van der Waals surface area contributed by atoms with Crippen molar-refractivity contribution in [3.63, 3.8) is 0 Å². The summed E-state index contributed by atoms with van der Waals surface area (Å²) in [6.45, 7) is 2.12. The number of rotatable bonds is 3. The van der Waals surface area contributed by atoms with Gasteiger partial charge in [-0.2, -0.15) is 5.10 Å². The van der Waals surface area contributed by atoms with Gasteiger partial charge in [-0.15, -0.1) is 0 Å². The van der Waals surface area contributed by atoms with E-state index in [4.69, 9.17) is 11.6 Å². The van der Waals surface area contributed by atoms with Gasteiger partial charge in [-0.1, -0.05) is 11.6 Å². The van der Waals surface area contributed by atoms with Gasteiger partial charge < -0.3 is 10.2 Å². The van der Waals surface area contributed by atoms with Gasteiger partial charge in [0.25, 0.3) is 5.56 Å². The van der Waals surface area contributed by atoms with Crippen molar-refractivity contribution in [2.24, 2.45) is 7.05 Å². The molecular formula is C15H18ClN5O. The van der Waals surface area contributed by atoms with Gasteiger partial charge in [-0.25, -0.2) is 9.67 Å². The second-order valence-electron chi connectivity index (χ2n) is 5.38. The maximum absolute atomic E-state index is 11.7. The monoisotopic (exact) mass is 319 g/mol. The van der Waals surface area contributed by atoms with Crippen LogP contribution in [0.2, 0.25) is 5.02 Å². The van der Waals surface area contributed by atoms with Gasteiger partial charge in [0.2, 0.25) is 0 Å². The Morgan fingerprint density at radius 3 is 2.64 bits per heavy atom. The first-order valence-electron chi connectivity index (χ1n) is 7.35. The molecule has 3 rings (SSSR count). The van der Waals surface area contributed by atoms with Crippen LogP contribution >= 0.6 is 11.6 Å². The van der Waals surface area contributed by atoms with Crippen molar-refractivity contribution in [1.29, 1.82) is 0 Å². The third-order valence-electron chi connectivity index (χ3n) is 3.79. The van der Waals surface area contributed by atoms with E-state index in [1.807, 2.05) is 12.1 Å². The standard InChI is InChI=1S/C15H18ClN5O/c1-20-15(22)14(16)12(10-18-20)19-11-5-6-13(17-9-11)21-7-3-2-4-8-21/h5-6,9-10,19H,2-4,7-8H2,1H3. The number of piperidine rings is 1. The van der Waals surface area contributed by atoms with E-state index >= 15 is 0 Å². The number of nitrogens with zero attached hydrogens (tertiary/aromatic N) is 4. The average Bonchev–Trinajstić information content (AvgIpc) is 2.57. The van der Waals surface area contributed by atoms with E-state index in [9.17, 15) is 4.79 Å². The predicted molar refractivity (Wildman–Crippen MR) is 88.1 cm³/mol. The molecule has 1 N–H and O–H groups in total. The van der Waals surface area contributed by atoms with Crippen LogP contribution in [0.25, 0.3) is 0 Å². The van der Waals surface area contributed by atoms with Crippen LogP contribution in [0.5, 0.6) is 0 Å². The molecule has 6 nitrogen and oxygen atoms in total. The van der Waals surface area contributed by atoms with Gasteiger partial charge in [-0.05, 0) is 31.4 Å². The van der Waals surface area contributed by atoms with Gasteiger partial charge in [0.05, 0.1) is 23.8 Å².